The van der Waals surface area contributed by atoms with E-state index < -0.39 is 16.8 Å². The van der Waals surface area contributed by atoms with Gasteiger partial charge < -0.3 is 10.0 Å². The molecule has 1 N–H and O–H groups in total. The van der Waals surface area contributed by atoms with Gasteiger partial charge in [0.25, 0.3) is 11.6 Å². The monoisotopic (exact) mass is 292 g/mol. The summed E-state index contributed by atoms with van der Waals surface area (Å²) in [5.41, 5.74) is 0.441. The van der Waals surface area contributed by atoms with Crippen LogP contribution in [0.25, 0.3) is 0 Å². The van der Waals surface area contributed by atoms with Gasteiger partial charge in [0.05, 0.1) is 4.92 Å². The minimum atomic E-state index is -0.892. The largest absolute Gasteiger partial charge is 0.481 e. The van der Waals surface area contributed by atoms with Gasteiger partial charge in [-0.1, -0.05) is 12.1 Å². The van der Waals surface area contributed by atoms with E-state index in [4.69, 9.17) is 5.11 Å². The normalized spacial score (nSPS) is 17.8. The first-order chi connectivity index (χ1) is 9.90. The quantitative estimate of drug-likeness (QED) is 0.674. The van der Waals surface area contributed by atoms with Gasteiger partial charge in [-0.15, -0.1) is 0 Å². The van der Waals surface area contributed by atoms with Crippen LogP contribution < -0.4 is 0 Å². The number of carbonyl (C=O) groups is 2. The summed E-state index contributed by atoms with van der Waals surface area (Å²) in [6.07, 6.45) is 0.622. The van der Waals surface area contributed by atoms with Crippen LogP contribution in [0.1, 0.15) is 28.8 Å². The lowest BCUT2D eigenvalue weighted by atomic mass is 10.0. The molecule has 0 aromatic heterocycles. The van der Waals surface area contributed by atoms with Crippen molar-refractivity contribution in [2.75, 3.05) is 13.1 Å². The fraction of sp³-hybridized carbons (Fsp3) is 0.429. The van der Waals surface area contributed by atoms with Gasteiger partial charge in [-0.25, -0.2) is 0 Å². The Labute approximate surface area is 121 Å². The van der Waals surface area contributed by atoms with Crippen LogP contribution in [0.3, 0.4) is 0 Å². The summed E-state index contributed by atoms with van der Waals surface area (Å²) in [6.45, 7) is 2.42. The second-order valence-electron chi connectivity index (χ2n) is 5.23. The van der Waals surface area contributed by atoms with E-state index in [9.17, 15) is 19.7 Å². The third-order valence-electron chi connectivity index (χ3n) is 3.70. The summed E-state index contributed by atoms with van der Waals surface area (Å²) in [6, 6.07) is 4.51. The zero-order valence-electron chi connectivity index (χ0n) is 11.6. The molecule has 1 unspecified atom stereocenters. The maximum Gasteiger partial charge on any atom is 0.303 e. The molecule has 1 heterocycles. The van der Waals surface area contributed by atoms with E-state index in [2.05, 4.69) is 0 Å². The molecule has 112 valence electrons. The number of benzene rings is 1. The summed E-state index contributed by atoms with van der Waals surface area (Å²) in [5.74, 6) is -1.38. The van der Waals surface area contributed by atoms with Crippen molar-refractivity contribution in [3.05, 3.63) is 39.4 Å². The van der Waals surface area contributed by atoms with Gasteiger partial charge in [-0.3, -0.25) is 19.7 Å². The number of hydrogen-bond donors (Lipinski definition) is 1. The standard InChI is InChI=1S/C14H16N2O5/c1-9-3-2-4-11(16(20)21)13(9)14(19)15-6-5-10(8-15)7-12(17)18/h2-4,10H,5-8H2,1H3,(H,17,18). The molecule has 0 radical (unpaired) electrons. The Kier molecular flexibility index (Phi) is 4.21. The van der Waals surface area contributed by atoms with Crippen molar-refractivity contribution in [3.63, 3.8) is 0 Å². The minimum absolute atomic E-state index is 0.0135. The summed E-state index contributed by atoms with van der Waals surface area (Å²) in [5, 5.41) is 19.8. The average molecular weight is 292 g/mol. The molecular weight excluding hydrogens is 276 g/mol. The van der Waals surface area contributed by atoms with E-state index >= 15 is 0 Å². The maximum atomic E-state index is 12.5. The van der Waals surface area contributed by atoms with Gasteiger partial charge in [0.1, 0.15) is 5.56 Å². The van der Waals surface area contributed by atoms with Crippen molar-refractivity contribution < 1.29 is 19.6 Å². The lowest BCUT2D eigenvalue weighted by molar-refractivity contribution is -0.385. The molecule has 1 aliphatic heterocycles. The number of aryl methyl sites for hydroxylation is 1. The number of carboxylic acid groups (broad SMARTS) is 1. The van der Waals surface area contributed by atoms with Crippen LogP contribution in [0, 0.1) is 23.0 Å². The van der Waals surface area contributed by atoms with Gasteiger partial charge >= 0.3 is 5.97 Å². The Bertz CT molecular complexity index is 599. The second kappa shape index (κ2) is 5.90. The van der Waals surface area contributed by atoms with Crippen LogP contribution in [0.4, 0.5) is 5.69 Å². The third-order valence-corrected chi connectivity index (χ3v) is 3.70. The van der Waals surface area contributed by atoms with Crippen LogP contribution in [0.15, 0.2) is 18.2 Å². The first-order valence-corrected chi connectivity index (χ1v) is 6.65. The number of nitro benzene ring substituents is 1. The van der Waals surface area contributed by atoms with Gasteiger partial charge in [0.15, 0.2) is 0 Å². The molecule has 7 nitrogen and oxygen atoms in total. The van der Waals surface area contributed by atoms with Gasteiger partial charge in [0.2, 0.25) is 0 Å². The number of carboxylic acids is 1. The van der Waals surface area contributed by atoms with E-state index in [1.807, 2.05) is 0 Å². The molecule has 0 spiro atoms. The molecule has 2 rings (SSSR count). The van der Waals surface area contributed by atoms with Gasteiger partial charge in [-0.2, -0.15) is 0 Å². The predicted octanol–water partition coefficient (Wildman–Crippen LogP) is 1.84. The molecule has 0 saturated carbocycles. The number of carbonyl (C=O) groups excluding carboxylic acids is 1. The van der Waals surface area contributed by atoms with Crippen molar-refractivity contribution in [1.29, 1.82) is 0 Å². The zero-order valence-corrected chi connectivity index (χ0v) is 11.6. The molecule has 0 aliphatic carbocycles. The summed E-state index contributed by atoms with van der Waals surface area (Å²) >= 11 is 0. The van der Waals surface area contributed by atoms with Crippen molar-refractivity contribution in [3.8, 4) is 0 Å². The summed E-state index contributed by atoms with van der Waals surface area (Å²) in [7, 11) is 0. The van der Waals surface area contributed by atoms with Crippen LogP contribution in [0.5, 0.6) is 0 Å². The number of rotatable bonds is 4. The molecule has 21 heavy (non-hydrogen) atoms. The predicted molar refractivity (Wildman–Crippen MR) is 74.1 cm³/mol. The Hall–Kier alpha value is -2.44. The first-order valence-electron chi connectivity index (χ1n) is 6.65. The van der Waals surface area contributed by atoms with E-state index in [1.54, 1.807) is 19.1 Å². The molecule has 1 aromatic rings. The number of nitrogens with zero attached hydrogens (tertiary/aromatic N) is 2. The third kappa shape index (κ3) is 3.18. The molecule has 1 amide bonds. The number of likely N-dealkylation sites (tertiary alicyclic amines) is 1. The van der Waals surface area contributed by atoms with Crippen molar-refractivity contribution in [1.82, 2.24) is 4.90 Å². The smallest absolute Gasteiger partial charge is 0.303 e. The molecule has 1 saturated heterocycles. The lowest BCUT2D eigenvalue weighted by Gasteiger charge is -2.17. The van der Waals surface area contributed by atoms with E-state index in [0.29, 0.717) is 25.1 Å². The van der Waals surface area contributed by atoms with Crippen LogP contribution in [0.2, 0.25) is 0 Å². The molecule has 1 fully saturated rings. The van der Waals surface area contributed by atoms with Crippen molar-refractivity contribution in [2.24, 2.45) is 5.92 Å². The Morgan fingerprint density at radius 2 is 2.19 bits per heavy atom. The highest BCUT2D eigenvalue weighted by Gasteiger charge is 2.32. The SMILES string of the molecule is Cc1cccc([N+](=O)[O-])c1C(=O)N1CCC(CC(=O)O)C1. The fourth-order valence-electron chi connectivity index (χ4n) is 2.67. The zero-order chi connectivity index (χ0) is 15.6. The number of nitro groups is 1. The molecular formula is C14H16N2O5. The lowest BCUT2D eigenvalue weighted by Crippen LogP contribution is -2.30. The Balaban J connectivity index is 2.22. The second-order valence-corrected chi connectivity index (χ2v) is 5.23. The number of amides is 1. The van der Waals surface area contributed by atoms with E-state index in [0.717, 1.165) is 0 Å². The van der Waals surface area contributed by atoms with Crippen LogP contribution in [-0.4, -0.2) is 39.9 Å². The molecule has 0 bridgehead atoms. The highest BCUT2D eigenvalue weighted by molar-refractivity contribution is 5.99. The molecule has 1 atom stereocenters. The van der Waals surface area contributed by atoms with E-state index in [-0.39, 0.29) is 23.6 Å². The Morgan fingerprint density at radius 3 is 2.81 bits per heavy atom. The molecule has 1 aromatic carbocycles. The van der Waals surface area contributed by atoms with Gasteiger partial charge in [0, 0.05) is 25.6 Å². The summed E-state index contributed by atoms with van der Waals surface area (Å²) < 4.78 is 0. The maximum absolute atomic E-state index is 12.5. The number of aliphatic carboxylic acids is 1. The highest BCUT2D eigenvalue weighted by Crippen LogP contribution is 2.27. The van der Waals surface area contributed by atoms with Crippen molar-refractivity contribution in [2.45, 2.75) is 19.8 Å². The fourth-order valence-corrected chi connectivity index (χ4v) is 2.67. The molecule has 7 heteroatoms. The minimum Gasteiger partial charge on any atom is -0.481 e. The van der Waals surface area contributed by atoms with Crippen LogP contribution >= 0.6 is 0 Å². The average Bonchev–Trinajstić information content (AvgIpc) is 2.85. The Morgan fingerprint density at radius 1 is 1.48 bits per heavy atom. The van der Waals surface area contributed by atoms with Gasteiger partial charge in [-0.05, 0) is 24.8 Å². The van der Waals surface area contributed by atoms with Crippen molar-refractivity contribution >= 4 is 17.6 Å². The summed E-state index contributed by atoms with van der Waals surface area (Å²) in [4.78, 5) is 35.2. The first kappa shape index (κ1) is 15.0. The topological polar surface area (TPSA) is 101 Å². The number of hydrogen-bond acceptors (Lipinski definition) is 4. The highest BCUT2D eigenvalue weighted by atomic mass is 16.6. The van der Waals surface area contributed by atoms with E-state index in [1.165, 1.54) is 11.0 Å². The molecule has 1 aliphatic rings. The van der Waals surface area contributed by atoms with Crippen LogP contribution in [-0.2, 0) is 4.79 Å².